The number of aromatic carboxylic acids is 1. The molecule has 2 N–H and O–H groups in total. The molecule has 0 saturated heterocycles. The molecule has 1 rings (SSSR count). The van der Waals surface area contributed by atoms with Crippen LogP contribution in [0.15, 0.2) is 9.31 Å². The van der Waals surface area contributed by atoms with Crippen molar-refractivity contribution in [3.05, 3.63) is 17.1 Å². The summed E-state index contributed by atoms with van der Waals surface area (Å²) in [5.74, 6) is -1.17. The number of rotatable bonds is 6. The van der Waals surface area contributed by atoms with Crippen molar-refractivity contribution >= 4 is 16.0 Å². The second-order valence-corrected chi connectivity index (χ2v) is 6.59. The minimum atomic E-state index is -3.93. The third-order valence-electron chi connectivity index (χ3n) is 3.14. The molecule has 8 heteroatoms. The van der Waals surface area contributed by atoms with Crippen molar-refractivity contribution in [1.82, 2.24) is 9.62 Å². The SMILES string of the molecule is Cc1oc(C)c(S(=O)(=O)NCC(C)N(C)C)c1C(=O)O. The minimum Gasteiger partial charge on any atom is -0.478 e. The van der Waals surface area contributed by atoms with Gasteiger partial charge in [-0.2, -0.15) is 0 Å². The summed E-state index contributed by atoms with van der Waals surface area (Å²) in [4.78, 5) is 12.7. The lowest BCUT2D eigenvalue weighted by molar-refractivity contribution is 0.0691. The molecular formula is C12H20N2O5S. The molecule has 0 saturated carbocycles. The number of furan rings is 1. The summed E-state index contributed by atoms with van der Waals surface area (Å²) in [6, 6.07) is -0.0219. The Balaban J connectivity index is 3.14. The third kappa shape index (κ3) is 3.38. The number of nitrogens with one attached hydrogen (secondary N) is 1. The molecule has 0 amide bonds. The maximum atomic E-state index is 12.3. The molecule has 7 nitrogen and oxygen atoms in total. The van der Waals surface area contributed by atoms with E-state index in [1.54, 1.807) is 0 Å². The number of sulfonamides is 1. The number of likely N-dealkylation sites (N-methyl/N-ethyl adjacent to an activating group) is 1. The fourth-order valence-electron chi connectivity index (χ4n) is 1.72. The zero-order chi connectivity index (χ0) is 15.7. The van der Waals surface area contributed by atoms with Gasteiger partial charge in [-0.3, -0.25) is 0 Å². The van der Waals surface area contributed by atoms with Gasteiger partial charge in [0.15, 0.2) is 0 Å². The zero-order valence-corrected chi connectivity index (χ0v) is 13.0. The van der Waals surface area contributed by atoms with Crippen LogP contribution in [-0.4, -0.2) is 51.1 Å². The van der Waals surface area contributed by atoms with Gasteiger partial charge in [-0.1, -0.05) is 0 Å². The van der Waals surface area contributed by atoms with E-state index < -0.39 is 16.0 Å². The Labute approximate surface area is 118 Å². The zero-order valence-electron chi connectivity index (χ0n) is 12.2. The Bertz CT molecular complexity index is 604. The molecule has 0 radical (unpaired) electrons. The highest BCUT2D eigenvalue weighted by molar-refractivity contribution is 7.89. The van der Waals surface area contributed by atoms with E-state index in [0.29, 0.717) is 0 Å². The van der Waals surface area contributed by atoms with Crippen molar-refractivity contribution in [3.8, 4) is 0 Å². The molecule has 0 spiro atoms. The van der Waals surface area contributed by atoms with Crippen LogP contribution in [0, 0.1) is 13.8 Å². The second kappa shape index (κ2) is 5.94. The first-order chi connectivity index (χ1) is 9.08. The van der Waals surface area contributed by atoms with Gasteiger partial charge in [-0.25, -0.2) is 17.9 Å². The van der Waals surface area contributed by atoms with Crippen molar-refractivity contribution in [2.24, 2.45) is 0 Å². The maximum Gasteiger partial charge on any atom is 0.340 e. The van der Waals surface area contributed by atoms with Crippen molar-refractivity contribution < 1.29 is 22.7 Å². The largest absolute Gasteiger partial charge is 0.478 e. The first kappa shape index (κ1) is 16.7. The summed E-state index contributed by atoms with van der Waals surface area (Å²) in [7, 11) is -0.269. The van der Waals surface area contributed by atoms with Gasteiger partial charge in [0, 0.05) is 12.6 Å². The Morgan fingerprint density at radius 1 is 1.35 bits per heavy atom. The van der Waals surface area contributed by atoms with Crippen LogP contribution in [0.5, 0.6) is 0 Å². The molecule has 1 atom stereocenters. The van der Waals surface area contributed by atoms with Crippen LogP contribution in [0.4, 0.5) is 0 Å². The fraction of sp³-hybridized carbons (Fsp3) is 0.583. The molecular weight excluding hydrogens is 284 g/mol. The second-order valence-electron chi connectivity index (χ2n) is 4.89. The van der Waals surface area contributed by atoms with Crippen LogP contribution in [0.25, 0.3) is 0 Å². The van der Waals surface area contributed by atoms with Gasteiger partial charge in [0.2, 0.25) is 10.0 Å². The van der Waals surface area contributed by atoms with E-state index in [0.717, 1.165) is 0 Å². The number of carboxylic acids is 1. The van der Waals surface area contributed by atoms with E-state index in [1.165, 1.54) is 13.8 Å². The van der Waals surface area contributed by atoms with Gasteiger partial charge in [0.1, 0.15) is 22.0 Å². The van der Waals surface area contributed by atoms with Gasteiger partial charge < -0.3 is 14.4 Å². The number of aryl methyl sites for hydroxylation is 2. The average molecular weight is 304 g/mol. The average Bonchev–Trinajstić information content (AvgIpc) is 2.61. The number of hydrogen-bond donors (Lipinski definition) is 2. The van der Waals surface area contributed by atoms with Crippen LogP contribution in [0.2, 0.25) is 0 Å². The summed E-state index contributed by atoms with van der Waals surface area (Å²) in [6.45, 7) is 4.90. The predicted octanol–water partition coefficient (Wildman–Crippen LogP) is 0.823. The van der Waals surface area contributed by atoms with Crippen molar-refractivity contribution in [1.29, 1.82) is 0 Å². The number of nitrogens with zero attached hydrogens (tertiary/aromatic N) is 1. The molecule has 0 bridgehead atoms. The Kier molecular flexibility index (Phi) is 4.95. The van der Waals surface area contributed by atoms with Crippen LogP contribution >= 0.6 is 0 Å². The molecule has 1 aromatic rings. The number of hydrogen-bond acceptors (Lipinski definition) is 5. The van der Waals surface area contributed by atoms with Gasteiger partial charge in [0.25, 0.3) is 0 Å². The molecule has 0 aromatic carbocycles. The first-order valence-corrected chi connectivity index (χ1v) is 7.55. The molecule has 0 aliphatic carbocycles. The van der Waals surface area contributed by atoms with Gasteiger partial charge in [0.05, 0.1) is 0 Å². The van der Waals surface area contributed by atoms with E-state index >= 15 is 0 Å². The monoisotopic (exact) mass is 304 g/mol. The maximum absolute atomic E-state index is 12.3. The van der Waals surface area contributed by atoms with Crippen LogP contribution in [0.1, 0.15) is 28.8 Å². The van der Waals surface area contributed by atoms with Crippen molar-refractivity contribution in [2.45, 2.75) is 31.7 Å². The summed E-state index contributed by atoms with van der Waals surface area (Å²) in [5, 5.41) is 9.13. The molecule has 1 aromatic heterocycles. The minimum absolute atomic E-state index is 0.0219. The highest BCUT2D eigenvalue weighted by atomic mass is 32.2. The number of carbonyl (C=O) groups is 1. The molecule has 114 valence electrons. The van der Waals surface area contributed by atoms with E-state index in [2.05, 4.69) is 4.72 Å². The van der Waals surface area contributed by atoms with Crippen LogP contribution in [-0.2, 0) is 10.0 Å². The molecule has 20 heavy (non-hydrogen) atoms. The van der Waals surface area contributed by atoms with E-state index in [4.69, 9.17) is 9.52 Å². The van der Waals surface area contributed by atoms with E-state index in [1.807, 2.05) is 25.9 Å². The van der Waals surface area contributed by atoms with E-state index in [9.17, 15) is 13.2 Å². The van der Waals surface area contributed by atoms with Crippen molar-refractivity contribution in [3.63, 3.8) is 0 Å². The van der Waals surface area contributed by atoms with Gasteiger partial charge >= 0.3 is 5.97 Å². The summed E-state index contributed by atoms with van der Waals surface area (Å²) in [5.41, 5.74) is -0.312. The Morgan fingerprint density at radius 2 is 1.90 bits per heavy atom. The molecule has 1 heterocycles. The van der Waals surface area contributed by atoms with Gasteiger partial charge in [-0.05, 0) is 34.9 Å². The first-order valence-electron chi connectivity index (χ1n) is 6.07. The topological polar surface area (TPSA) is 99.9 Å². The lowest BCUT2D eigenvalue weighted by atomic mass is 10.2. The predicted molar refractivity (Wildman–Crippen MR) is 73.5 cm³/mol. The fourth-order valence-corrected chi connectivity index (χ4v) is 3.24. The smallest absolute Gasteiger partial charge is 0.340 e. The molecule has 0 aliphatic heterocycles. The van der Waals surface area contributed by atoms with Crippen LogP contribution in [0.3, 0.4) is 0 Å². The molecule has 0 fully saturated rings. The number of carboxylic acid groups (broad SMARTS) is 1. The summed E-state index contributed by atoms with van der Waals surface area (Å²) in [6.07, 6.45) is 0. The highest BCUT2D eigenvalue weighted by Gasteiger charge is 2.30. The highest BCUT2D eigenvalue weighted by Crippen LogP contribution is 2.26. The Hall–Kier alpha value is -1.38. The standard InChI is InChI=1S/C12H20N2O5S/c1-7(14(4)5)6-13-20(17,18)11-9(3)19-8(2)10(11)12(15)16/h7,13H,6H2,1-5H3,(H,15,16). The van der Waals surface area contributed by atoms with Gasteiger partial charge in [-0.15, -0.1) is 0 Å². The summed E-state index contributed by atoms with van der Waals surface area (Å²) >= 11 is 0. The van der Waals surface area contributed by atoms with E-state index in [-0.39, 0.29) is 34.6 Å². The summed E-state index contributed by atoms with van der Waals surface area (Å²) < 4.78 is 32.1. The normalized spacial score (nSPS) is 13.7. The lowest BCUT2D eigenvalue weighted by Crippen LogP contribution is -2.38. The lowest BCUT2D eigenvalue weighted by Gasteiger charge is -2.19. The molecule has 0 aliphatic rings. The third-order valence-corrected chi connectivity index (χ3v) is 4.71. The van der Waals surface area contributed by atoms with Crippen LogP contribution < -0.4 is 4.72 Å². The quantitative estimate of drug-likeness (QED) is 0.807. The molecule has 1 unspecified atom stereocenters. The van der Waals surface area contributed by atoms with Crippen molar-refractivity contribution in [2.75, 3.05) is 20.6 Å². The Morgan fingerprint density at radius 3 is 2.35 bits per heavy atom.